The van der Waals surface area contributed by atoms with Crippen LogP contribution in [0, 0.1) is 0 Å². The Labute approximate surface area is 72.3 Å². The number of alkyl halides is 1. The molecule has 0 fully saturated rings. The van der Waals surface area contributed by atoms with Gasteiger partial charge in [-0.25, -0.2) is 4.39 Å². The molecule has 0 heterocycles. The molecule has 0 atom stereocenters. The maximum atomic E-state index is 12.0. The van der Waals surface area contributed by atoms with E-state index in [4.69, 9.17) is 0 Å². The first-order chi connectivity index (χ1) is 5.81. The fourth-order valence-electron chi connectivity index (χ4n) is 1.38. The highest BCUT2D eigenvalue weighted by Gasteiger charge is 2.20. The van der Waals surface area contributed by atoms with Gasteiger partial charge in [0, 0.05) is 11.1 Å². The minimum atomic E-state index is -0.554. The van der Waals surface area contributed by atoms with E-state index in [2.05, 4.69) is 6.92 Å². The number of hydrogen-bond acceptors (Lipinski definition) is 1. The molecule has 0 radical (unpaired) electrons. The maximum Gasteiger partial charge on any atom is 0.188 e. The molecule has 2 heteroatoms. The summed E-state index contributed by atoms with van der Waals surface area (Å²) in [4.78, 5) is 10.8. The van der Waals surface area contributed by atoms with E-state index in [1.165, 1.54) is 12.8 Å². The Morgan fingerprint density at radius 3 is 2.42 bits per heavy atom. The van der Waals surface area contributed by atoms with Crippen molar-refractivity contribution in [2.45, 2.75) is 45.7 Å². The Bertz CT molecular complexity index is 246. The van der Waals surface area contributed by atoms with Crippen molar-refractivity contribution in [1.82, 2.24) is 0 Å². The summed E-state index contributed by atoms with van der Waals surface area (Å²) in [7, 11) is 0. The number of rotatable bonds is 6. The van der Waals surface area contributed by atoms with Gasteiger partial charge in [-0.2, -0.15) is 0 Å². The van der Waals surface area contributed by atoms with E-state index in [0.717, 1.165) is 24.8 Å². The van der Waals surface area contributed by atoms with Gasteiger partial charge >= 0.3 is 0 Å². The zero-order valence-corrected chi connectivity index (χ0v) is 7.53. The highest BCUT2D eigenvalue weighted by atomic mass is 19.1. The fourth-order valence-corrected chi connectivity index (χ4v) is 1.38. The summed E-state index contributed by atoms with van der Waals surface area (Å²) in [6.45, 7) is 1.59. The average Bonchev–Trinajstić information content (AvgIpc) is 2.70. The summed E-state index contributed by atoms with van der Waals surface area (Å²) in [6.07, 6.45) is 5.42. The summed E-state index contributed by atoms with van der Waals surface area (Å²) >= 11 is 0. The Kier molecular flexibility index (Phi) is 3.45. The van der Waals surface area contributed by atoms with Crippen LogP contribution in [0.3, 0.4) is 0 Å². The third-order valence-corrected chi connectivity index (χ3v) is 2.26. The van der Waals surface area contributed by atoms with Crippen LogP contribution < -0.4 is 5.43 Å². The minimum Gasteiger partial charge on any atom is -0.289 e. The molecule has 0 aliphatic rings. The molecule has 1 aromatic carbocycles. The minimum absolute atomic E-state index is 0.00556. The first-order valence-corrected chi connectivity index (χ1v) is 4.64. The van der Waals surface area contributed by atoms with Crippen molar-refractivity contribution in [1.29, 1.82) is 0 Å². The van der Waals surface area contributed by atoms with Crippen LogP contribution in [0.25, 0.3) is 0 Å². The number of hydrogen-bond donors (Lipinski definition) is 0. The van der Waals surface area contributed by atoms with Gasteiger partial charge in [0.25, 0.3) is 0 Å². The van der Waals surface area contributed by atoms with Crippen molar-refractivity contribution >= 4 is 0 Å². The lowest BCUT2D eigenvalue weighted by molar-refractivity contribution is 0.489. The molecule has 0 saturated heterocycles. The molecule has 0 aromatic heterocycles. The smallest absolute Gasteiger partial charge is 0.188 e. The van der Waals surface area contributed by atoms with E-state index in [9.17, 15) is 9.18 Å². The molecule has 68 valence electrons. The molecular weight excluding hydrogens is 155 g/mol. The summed E-state index contributed by atoms with van der Waals surface area (Å²) in [5.74, 6) is 0. The molecule has 0 saturated carbocycles. The monoisotopic (exact) mass is 170 g/mol. The van der Waals surface area contributed by atoms with Gasteiger partial charge in [0.05, 0.1) is 0 Å². The normalized spacial score (nSPS) is 11.2. The highest BCUT2D eigenvalue weighted by Crippen LogP contribution is 2.14. The quantitative estimate of drug-likeness (QED) is 0.599. The van der Waals surface area contributed by atoms with Crippen LogP contribution in [0.5, 0.6) is 0 Å². The lowest BCUT2D eigenvalue weighted by Gasteiger charge is -1.93. The van der Waals surface area contributed by atoms with Crippen molar-refractivity contribution in [3.63, 3.8) is 0 Å². The SMILES string of the molecule is CCCCCCc1c(CF)c1=O. The van der Waals surface area contributed by atoms with Crippen LogP contribution in [0.15, 0.2) is 4.79 Å². The van der Waals surface area contributed by atoms with E-state index < -0.39 is 6.67 Å². The zero-order chi connectivity index (χ0) is 8.97. The molecule has 12 heavy (non-hydrogen) atoms. The summed E-state index contributed by atoms with van der Waals surface area (Å²) < 4.78 is 12.0. The lowest BCUT2D eigenvalue weighted by Crippen LogP contribution is -1.83. The summed E-state index contributed by atoms with van der Waals surface area (Å²) in [5, 5.41) is 0. The predicted molar refractivity (Wildman–Crippen MR) is 47.7 cm³/mol. The largest absolute Gasteiger partial charge is 0.289 e. The molecule has 0 bridgehead atoms. The van der Waals surface area contributed by atoms with Crippen LogP contribution in [0.2, 0.25) is 0 Å². The molecule has 0 unspecified atom stereocenters. The number of unbranched alkanes of at least 4 members (excludes halogenated alkanes) is 3. The third kappa shape index (κ3) is 2.16. The van der Waals surface area contributed by atoms with Gasteiger partial charge in [-0.15, -0.1) is 0 Å². The second-order valence-electron chi connectivity index (χ2n) is 3.23. The van der Waals surface area contributed by atoms with E-state index in [-0.39, 0.29) is 5.43 Å². The van der Waals surface area contributed by atoms with Crippen LogP contribution in [0.1, 0.15) is 43.7 Å². The van der Waals surface area contributed by atoms with Crippen LogP contribution in [-0.2, 0) is 13.1 Å². The topological polar surface area (TPSA) is 17.1 Å². The van der Waals surface area contributed by atoms with Crippen LogP contribution >= 0.6 is 0 Å². The first-order valence-electron chi connectivity index (χ1n) is 4.64. The van der Waals surface area contributed by atoms with Gasteiger partial charge in [-0.05, 0) is 12.8 Å². The Morgan fingerprint density at radius 1 is 1.17 bits per heavy atom. The first kappa shape index (κ1) is 9.43. The van der Waals surface area contributed by atoms with Gasteiger partial charge in [-0.3, -0.25) is 4.79 Å². The molecule has 1 nitrogen and oxygen atoms in total. The fraction of sp³-hybridized carbons (Fsp3) is 0.700. The van der Waals surface area contributed by atoms with Crippen molar-refractivity contribution < 1.29 is 4.39 Å². The molecule has 0 N–H and O–H groups in total. The summed E-state index contributed by atoms with van der Waals surface area (Å²) in [6, 6.07) is 0. The van der Waals surface area contributed by atoms with Crippen LogP contribution in [0.4, 0.5) is 4.39 Å². The van der Waals surface area contributed by atoms with Crippen molar-refractivity contribution in [3.8, 4) is 0 Å². The Balaban J connectivity index is 2.12. The molecule has 1 rings (SSSR count). The molecule has 0 spiro atoms. The van der Waals surface area contributed by atoms with Crippen molar-refractivity contribution in [2.24, 2.45) is 0 Å². The summed E-state index contributed by atoms with van der Waals surface area (Å²) in [5.41, 5.74) is 1.22. The van der Waals surface area contributed by atoms with Crippen molar-refractivity contribution in [3.05, 3.63) is 21.4 Å². The Hall–Kier alpha value is -0.660. The van der Waals surface area contributed by atoms with Gasteiger partial charge in [-0.1, -0.05) is 26.2 Å². The zero-order valence-electron chi connectivity index (χ0n) is 7.53. The maximum absolute atomic E-state index is 12.0. The average molecular weight is 170 g/mol. The van der Waals surface area contributed by atoms with E-state index in [1.54, 1.807) is 0 Å². The highest BCUT2D eigenvalue weighted by molar-refractivity contribution is 5.38. The van der Waals surface area contributed by atoms with Gasteiger partial charge < -0.3 is 0 Å². The molecule has 0 amide bonds. The molecular formula is C10H15FO. The molecule has 0 aliphatic heterocycles. The lowest BCUT2D eigenvalue weighted by atomic mass is 10.1. The van der Waals surface area contributed by atoms with E-state index in [0.29, 0.717) is 5.56 Å². The van der Waals surface area contributed by atoms with Gasteiger partial charge in [0.15, 0.2) is 5.43 Å². The standard InChI is InChI=1S/C10H15FO/c1-2-3-4-5-6-8-9(7-11)10(8)12/h2-7H2,1H3. The molecule has 0 aliphatic carbocycles. The second kappa shape index (κ2) is 4.39. The van der Waals surface area contributed by atoms with Gasteiger partial charge in [0.2, 0.25) is 0 Å². The number of halogens is 1. The van der Waals surface area contributed by atoms with E-state index in [1.807, 2.05) is 0 Å². The Morgan fingerprint density at radius 2 is 1.92 bits per heavy atom. The predicted octanol–water partition coefficient (Wildman–Crippen LogP) is 2.51. The van der Waals surface area contributed by atoms with E-state index >= 15 is 0 Å². The molecule has 1 aromatic rings. The van der Waals surface area contributed by atoms with Crippen molar-refractivity contribution in [2.75, 3.05) is 0 Å². The van der Waals surface area contributed by atoms with Crippen LogP contribution in [-0.4, -0.2) is 0 Å². The van der Waals surface area contributed by atoms with Gasteiger partial charge in [0.1, 0.15) is 6.67 Å². The third-order valence-electron chi connectivity index (χ3n) is 2.26. The second-order valence-corrected chi connectivity index (χ2v) is 3.23.